The Balaban J connectivity index is 1.30. The van der Waals surface area contributed by atoms with E-state index in [4.69, 9.17) is 23.7 Å². The van der Waals surface area contributed by atoms with Crippen LogP contribution in [0.15, 0.2) is 65.8 Å². The van der Waals surface area contributed by atoms with Gasteiger partial charge in [0.15, 0.2) is 29.6 Å². The second kappa shape index (κ2) is 13.5. The van der Waals surface area contributed by atoms with Crippen LogP contribution in [-0.4, -0.2) is 51.1 Å². The Labute approximate surface area is 230 Å². The Kier molecular flexibility index (Phi) is 9.38. The standard InChI is InChI=1S/C28H28N4O8/c1-3-37-21-10-8-20(9-11-21)31-25(33)16-38-26-19(5-4-6-23(26)36-2)15-30-32-28(35)27(34)29-14-18-7-12-22-24(13-18)40-17-39-22/h4-13,15H,3,14,16-17H2,1-2H3,(H,29,34)(H,31,33)(H,32,35)/b30-15-. The molecule has 0 spiro atoms. The van der Waals surface area contributed by atoms with Crippen molar-refractivity contribution in [2.24, 2.45) is 5.10 Å². The zero-order valence-corrected chi connectivity index (χ0v) is 21.9. The average molecular weight is 549 g/mol. The smallest absolute Gasteiger partial charge is 0.329 e. The van der Waals surface area contributed by atoms with Gasteiger partial charge in [0.1, 0.15) is 5.75 Å². The molecule has 40 heavy (non-hydrogen) atoms. The number of anilines is 1. The summed E-state index contributed by atoms with van der Waals surface area (Å²) in [6.07, 6.45) is 1.28. The number of carbonyl (C=O) groups is 3. The van der Waals surface area contributed by atoms with E-state index in [0.717, 1.165) is 5.56 Å². The second-order valence-corrected chi connectivity index (χ2v) is 8.24. The van der Waals surface area contributed by atoms with Crippen molar-refractivity contribution in [2.75, 3.05) is 32.4 Å². The minimum absolute atomic E-state index is 0.110. The maximum absolute atomic E-state index is 12.4. The Bertz CT molecular complexity index is 1390. The lowest BCUT2D eigenvalue weighted by Gasteiger charge is -2.13. The van der Waals surface area contributed by atoms with Gasteiger partial charge in [-0.15, -0.1) is 0 Å². The molecular weight excluding hydrogens is 520 g/mol. The highest BCUT2D eigenvalue weighted by Gasteiger charge is 2.16. The number of benzene rings is 3. The molecule has 0 unspecified atom stereocenters. The van der Waals surface area contributed by atoms with Gasteiger partial charge in [-0.1, -0.05) is 12.1 Å². The molecule has 0 saturated carbocycles. The third-order valence-electron chi connectivity index (χ3n) is 5.49. The van der Waals surface area contributed by atoms with Gasteiger partial charge in [-0.05, 0) is 61.0 Å². The topological polar surface area (TPSA) is 146 Å². The zero-order chi connectivity index (χ0) is 28.3. The summed E-state index contributed by atoms with van der Waals surface area (Å²) >= 11 is 0. The third kappa shape index (κ3) is 7.40. The maximum Gasteiger partial charge on any atom is 0.329 e. The van der Waals surface area contributed by atoms with Crippen molar-refractivity contribution in [3.05, 3.63) is 71.8 Å². The summed E-state index contributed by atoms with van der Waals surface area (Å²) < 4.78 is 27.0. The molecule has 208 valence electrons. The highest BCUT2D eigenvalue weighted by molar-refractivity contribution is 6.35. The molecule has 0 saturated heterocycles. The van der Waals surface area contributed by atoms with Crippen LogP contribution >= 0.6 is 0 Å². The van der Waals surface area contributed by atoms with Crippen molar-refractivity contribution in [2.45, 2.75) is 13.5 Å². The number of hydrazone groups is 1. The number of carbonyl (C=O) groups excluding carboxylic acids is 3. The molecule has 12 nitrogen and oxygen atoms in total. The minimum Gasteiger partial charge on any atom is -0.494 e. The predicted octanol–water partition coefficient (Wildman–Crippen LogP) is 2.61. The van der Waals surface area contributed by atoms with Gasteiger partial charge in [0.05, 0.1) is 19.9 Å². The summed E-state index contributed by atoms with van der Waals surface area (Å²) in [5.41, 5.74) is 3.90. The number of amides is 3. The first-order valence-electron chi connectivity index (χ1n) is 12.3. The summed E-state index contributed by atoms with van der Waals surface area (Å²) in [5, 5.41) is 9.10. The summed E-state index contributed by atoms with van der Waals surface area (Å²) in [4.78, 5) is 36.8. The van der Waals surface area contributed by atoms with E-state index in [1.165, 1.54) is 13.3 Å². The van der Waals surface area contributed by atoms with Gasteiger partial charge >= 0.3 is 11.8 Å². The highest BCUT2D eigenvalue weighted by atomic mass is 16.7. The van der Waals surface area contributed by atoms with E-state index >= 15 is 0 Å². The molecule has 4 rings (SSSR count). The number of nitrogens with one attached hydrogen (secondary N) is 3. The van der Waals surface area contributed by atoms with Gasteiger partial charge in [-0.25, -0.2) is 5.43 Å². The molecule has 0 fully saturated rings. The van der Waals surface area contributed by atoms with E-state index in [0.29, 0.717) is 40.9 Å². The van der Waals surface area contributed by atoms with Crippen LogP contribution in [0.5, 0.6) is 28.7 Å². The molecule has 3 amide bonds. The highest BCUT2D eigenvalue weighted by Crippen LogP contribution is 2.32. The minimum atomic E-state index is -0.961. The molecule has 1 aliphatic rings. The largest absolute Gasteiger partial charge is 0.494 e. The number of hydrogen-bond donors (Lipinski definition) is 3. The van der Waals surface area contributed by atoms with Gasteiger partial charge in [0, 0.05) is 17.8 Å². The number of nitrogens with zero attached hydrogens (tertiary/aromatic N) is 1. The Morgan fingerprint density at radius 2 is 1.77 bits per heavy atom. The molecule has 3 aromatic carbocycles. The zero-order valence-electron chi connectivity index (χ0n) is 21.9. The molecular formula is C28H28N4O8. The molecule has 0 radical (unpaired) electrons. The predicted molar refractivity (Wildman–Crippen MR) is 145 cm³/mol. The van der Waals surface area contributed by atoms with E-state index in [1.54, 1.807) is 60.7 Å². The lowest BCUT2D eigenvalue weighted by atomic mass is 10.2. The average Bonchev–Trinajstić information content (AvgIpc) is 3.44. The molecule has 3 aromatic rings. The van der Waals surface area contributed by atoms with Crippen molar-refractivity contribution in [1.82, 2.24) is 10.7 Å². The monoisotopic (exact) mass is 548 g/mol. The number of hydrogen-bond acceptors (Lipinski definition) is 9. The number of fused-ring (bicyclic) bond motifs is 1. The van der Waals surface area contributed by atoms with Crippen LogP contribution in [0.25, 0.3) is 0 Å². The van der Waals surface area contributed by atoms with Crippen LogP contribution in [0.3, 0.4) is 0 Å². The van der Waals surface area contributed by atoms with E-state index < -0.39 is 17.7 Å². The SMILES string of the molecule is CCOc1ccc(NC(=O)COc2c(/C=N\NC(=O)C(=O)NCc3ccc4c(c3)OCO4)cccc2OC)cc1. The van der Waals surface area contributed by atoms with Gasteiger partial charge in [0.25, 0.3) is 5.91 Å². The van der Waals surface area contributed by atoms with Crippen molar-refractivity contribution in [3.8, 4) is 28.7 Å². The summed E-state index contributed by atoms with van der Waals surface area (Å²) in [6, 6.07) is 17.1. The number of ether oxygens (including phenoxy) is 5. The van der Waals surface area contributed by atoms with Gasteiger partial charge < -0.3 is 34.3 Å². The molecule has 1 aliphatic heterocycles. The van der Waals surface area contributed by atoms with E-state index in [1.807, 2.05) is 6.92 Å². The van der Waals surface area contributed by atoms with Gasteiger partial charge in [-0.3, -0.25) is 14.4 Å². The normalized spacial score (nSPS) is 11.6. The Morgan fingerprint density at radius 1 is 0.975 bits per heavy atom. The second-order valence-electron chi connectivity index (χ2n) is 8.24. The summed E-state index contributed by atoms with van der Waals surface area (Å²) in [7, 11) is 1.45. The van der Waals surface area contributed by atoms with Crippen LogP contribution in [0.4, 0.5) is 5.69 Å². The lowest BCUT2D eigenvalue weighted by molar-refractivity contribution is -0.139. The summed E-state index contributed by atoms with van der Waals surface area (Å²) in [5.74, 6) is 0.249. The molecule has 0 aromatic heterocycles. The van der Waals surface area contributed by atoms with Crippen LogP contribution in [0.1, 0.15) is 18.1 Å². The Hall–Kier alpha value is -5.26. The van der Waals surface area contributed by atoms with Crippen LogP contribution in [-0.2, 0) is 20.9 Å². The number of methoxy groups -OCH3 is 1. The van der Waals surface area contributed by atoms with Gasteiger partial charge in [0.2, 0.25) is 6.79 Å². The Morgan fingerprint density at radius 3 is 2.55 bits per heavy atom. The van der Waals surface area contributed by atoms with Crippen molar-refractivity contribution in [1.29, 1.82) is 0 Å². The number of rotatable bonds is 11. The third-order valence-corrected chi connectivity index (χ3v) is 5.49. The van der Waals surface area contributed by atoms with Crippen LogP contribution in [0.2, 0.25) is 0 Å². The van der Waals surface area contributed by atoms with Crippen LogP contribution < -0.4 is 39.7 Å². The van der Waals surface area contributed by atoms with Crippen molar-refractivity contribution >= 4 is 29.6 Å². The van der Waals surface area contributed by atoms with Gasteiger partial charge in [-0.2, -0.15) is 5.10 Å². The molecule has 0 bridgehead atoms. The fourth-order valence-corrected chi connectivity index (χ4v) is 3.61. The first kappa shape index (κ1) is 27.8. The molecule has 0 aliphatic carbocycles. The fourth-order valence-electron chi connectivity index (χ4n) is 3.61. The molecule has 12 heteroatoms. The maximum atomic E-state index is 12.4. The molecule has 0 atom stereocenters. The van der Waals surface area contributed by atoms with Crippen molar-refractivity contribution < 1.29 is 38.1 Å². The van der Waals surface area contributed by atoms with E-state index in [-0.39, 0.29) is 25.7 Å². The molecule has 3 N–H and O–H groups in total. The number of para-hydroxylation sites is 1. The van der Waals surface area contributed by atoms with Crippen molar-refractivity contribution in [3.63, 3.8) is 0 Å². The lowest BCUT2D eigenvalue weighted by Crippen LogP contribution is -2.37. The molecule has 1 heterocycles. The fraction of sp³-hybridized carbons (Fsp3) is 0.214. The van der Waals surface area contributed by atoms with Crippen LogP contribution in [0, 0.1) is 0 Å². The summed E-state index contributed by atoms with van der Waals surface area (Å²) in [6.45, 7) is 2.37. The van der Waals surface area contributed by atoms with E-state index in [9.17, 15) is 14.4 Å². The quantitative estimate of drug-likeness (QED) is 0.188. The first-order chi connectivity index (χ1) is 19.5. The first-order valence-corrected chi connectivity index (χ1v) is 12.3. The van der Waals surface area contributed by atoms with E-state index in [2.05, 4.69) is 21.2 Å².